The number of aromatic carboxylic acids is 1. The Labute approximate surface area is 120 Å². The van der Waals surface area contributed by atoms with Gasteiger partial charge in [0.1, 0.15) is 24.7 Å². The van der Waals surface area contributed by atoms with Gasteiger partial charge in [-0.2, -0.15) is 0 Å². The van der Waals surface area contributed by atoms with Crippen LogP contribution in [0, 0.1) is 0 Å². The molecule has 1 heterocycles. The Bertz CT molecular complexity index is 603. The summed E-state index contributed by atoms with van der Waals surface area (Å²) in [6, 6.07) is 8.54. The maximum absolute atomic E-state index is 10.8. The lowest BCUT2D eigenvalue weighted by atomic mass is 10.3. The topological polar surface area (TPSA) is 68.7 Å². The molecule has 0 unspecified atom stereocenters. The lowest BCUT2D eigenvalue weighted by molar-refractivity contribution is 0.0696. The van der Waals surface area contributed by atoms with Gasteiger partial charge in [0.05, 0.1) is 16.8 Å². The van der Waals surface area contributed by atoms with Crippen molar-refractivity contribution in [2.24, 2.45) is 0 Å². The third-order valence-corrected chi connectivity index (χ3v) is 2.72. The first-order valence-electron chi connectivity index (χ1n) is 5.85. The van der Waals surface area contributed by atoms with Crippen LogP contribution < -0.4 is 9.47 Å². The van der Waals surface area contributed by atoms with E-state index in [1.165, 1.54) is 18.5 Å². The van der Waals surface area contributed by atoms with Crippen molar-refractivity contribution in [2.75, 3.05) is 13.2 Å². The molecule has 1 aromatic heterocycles. The van der Waals surface area contributed by atoms with Crippen LogP contribution >= 0.6 is 11.6 Å². The van der Waals surface area contributed by atoms with Gasteiger partial charge in [0.15, 0.2) is 0 Å². The summed E-state index contributed by atoms with van der Waals surface area (Å²) in [7, 11) is 0. The minimum atomic E-state index is -1.05. The number of para-hydroxylation sites is 1. The van der Waals surface area contributed by atoms with Crippen molar-refractivity contribution in [1.82, 2.24) is 4.98 Å². The van der Waals surface area contributed by atoms with Crippen LogP contribution in [0.3, 0.4) is 0 Å². The van der Waals surface area contributed by atoms with Crippen LogP contribution in [0.25, 0.3) is 0 Å². The van der Waals surface area contributed by atoms with Gasteiger partial charge >= 0.3 is 5.97 Å². The van der Waals surface area contributed by atoms with Crippen LogP contribution in [0.5, 0.6) is 11.5 Å². The van der Waals surface area contributed by atoms with Crippen molar-refractivity contribution in [3.05, 3.63) is 53.3 Å². The quantitative estimate of drug-likeness (QED) is 0.829. The van der Waals surface area contributed by atoms with Gasteiger partial charge in [-0.1, -0.05) is 23.7 Å². The predicted molar refractivity (Wildman–Crippen MR) is 73.6 cm³/mol. The van der Waals surface area contributed by atoms with Crippen molar-refractivity contribution >= 4 is 17.6 Å². The molecule has 2 rings (SSSR count). The molecule has 0 spiro atoms. The zero-order valence-electron chi connectivity index (χ0n) is 10.5. The maximum atomic E-state index is 10.8. The van der Waals surface area contributed by atoms with Crippen LogP contribution in [0.2, 0.25) is 5.02 Å². The second-order valence-electron chi connectivity index (χ2n) is 3.84. The summed E-state index contributed by atoms with van der Waals surface area (Å²) in [6.45, 7) is 0.553. The highest BCUT2D eigenvalue weighted by molar-refractivity contribution is 6.32. The van der Waals surface area contributed by atoms with Crippen molar-refractivity contribution in [3.63, 3.8) is 0 Å². The van der Waals surface area contributed by atoms with Crippen LogP contribution in [-0.2, 0) is 0 Å². The van der Waals surface area contributed by atoms with Gasteiger partial charge in [-0.15, -0.1) is 0 Å². The molecule has 20 heavy (non-hydrogen) atoms. The molecule has 0 saturated carbocycles. The molecule has 0 amide bonds. The average molecular weight is 294 g/mol. The number of carboxylic acid groups (broad SMARTS) is 1. The van der Waals surface area contributed by atoms with Gasteiger partial charge in [-0.25, -0.2) is 4.79 Å². The summed E-state index contributed by atoms with van der Waals surface area (Å²) in [4.78, 5) is 14.6. The van der Waals surface area contributed by atoms with Gasteiger partial charge < -0.3 is 14.6 Å². The van der Waals surface area contributed by atoms with Crippen LogP contribution in [0.1, 0.15) is 10.4 Å². The normalized spacial score (nSPS) is 10.1. The van der Waals surface area contributed by atoms with E-state index >= 15 is 0 Å². The lowest BCUT2D eigenvalue weighted by Crippen LogP contribution is -2.09. The highest BCUT2D eigenvalue weighted by Crippen LogP contribution is 2.22. The molecule has 2 aromatic rings. The molecule has 0 fully saturated rings. The molecule has 0 aliphatic carbocycles. The SMILES string of the molecule is O=C(O)c1cncc(OCCOc2ccccc2Cl)c1. The van der Waals surface area contributed by atoms with E-state index in [1.807, 2.05) is 12.1 Å². The number of hydrogen-bond donors (Lipinski definition) is 1. The molecular weight excluding hydrogens is 282 g/mol. The van der Waals surface area contributed by atoms with Gasteiger partial charge in [0, 0.05) is 6.20 Å². The molecule has 1 N–H and O–H groups in total. The van der Waals surface area contributed by atoms with E-state index in [9.17, 15) is 4.79 Å². The largest absolute Gasteiger partial charge is 0.488 e. The molecule has 0 bridgehead atoms. The van der Waals surface area contributed by atoms with Gasteiger partial charge in [-0.3, -0.25) is 4.98 Å². The van der Waals surface area contributed by atoms with Crippen molar-refractivity contribution in [1.29, 1.82) is 0 Å². The fraction of sp³-hybridized carbons (Fsp3) is 0.143. The zero-order valence-corrected chi connectivity index (χ0v) is 11.2. The monoisotopic (exact) mass is 293 g/mol. The van der Waals surface area contributed by atoms with Crippen molar-refractivity contribution in [3.8, 4) is 11.5 Å². The molecule has 1 aromatic carbocycles. The number of rotatable bonds is 6. The molecule has 0 radical (unpaired) electrons. The number of aromatic nitrogens is 1. The van der Waals surface area contributed by atoms with Gasteiger partial charge in [0.2, 0.25) is 0 Å². The highest BCUT2D eigenvalue weighted by Gasteiger charge is 2.05. The fourth-order valence-corrected chi connectivity index (χ4v) is 1.68. The Hall–Kier alpha value is -2.27. The fourth-order valence-electron chi connectivity index (χ4n) is 1.49. The van der Waals surface area contributed by atoms with E-state index in [0.29, 0.717) is 23.1 Å². The molecule has 0 atom stereocenters. The molecule has 0 saturated heterocycles. The Balaban J connectivity index is 1.83. The number of benzene rings is 1. The van der Waals surface area contributed by atoms with Crippen LogP contribution in [0.15, 0.2) is 42.7 Å². The van der Waals surface area contributed by atoms with E-state index in [-0.39, 0.29) is 12.2 Å². The standard InChI is InChI=1S/C14H12ClNO4/c15-12-3-1-2-4-13(12)20-6-5-19-11-7-10(14(17)18)8-16-9-11/h1-4,7-9H,5-6H2,(H,17,18). The van der Waals surface area contributed by atoms with Crippen LogP contribution in [-0.4, -0.2) is 29.3 Å². The summed E-state index contributed by atoms with van der Waals surface area (Å²) in [5.74, 6) is -0.0851. The second kappa shape index (κ2) is 6.77. The van der Waals surface area contributed by atoms with Gasteiger partial charge in [0.25, 0.3) is 0 Å². The average Bonchev–Trinajstić information content (AvgIpc) is 2.45. The summed E-state index contributed by atoms with van der Waals surface area (Å²) >= 11 is 5.93. The summed E-state index contributed by atoms with van der Waals surface area (Å²) < 4.78 is 10.8. The highest BCUT2D eigenvalue weighted by atomic mass is 35.5. The third-order valence-electron chi connectivity index (χ3n) is 2.41. The summed E-state index contributed by atoms with van der Waals surface area (Å²) in [6.07, 6.45) is 2.71. The number of carboxylic acids is 1. The summed E-state index contributed by atoms with van der Waals surface area (Å²) in [5, 5.41) is 9.35. The minimum Gasteiger partial charge on any atom is -0.488 e. The number of ether oxygens (including phenoxy) is 2. The molecule has 0 aliphatic rings. The maximum Gasteiger partial charge on any atom is 0.337 e. The van der Waals surface area contributed by atoms with Crippen molar-refractivity contribution < 1.29 is 19.4 Å². The molecular formula is C14H12ClNO4. The third kappa shape index (κ3) is 3.86. The minimum absolute atomic E-state index is 0.0783. The van der Waals surface area contributed by atoms with E-state index < -0.39 is 5.97 Å². The zero-order chi connectivity index (χ0) is 14.4. The van der Waals surface area contributed by atoms with E-state index in [2.05, 4.69) is 4.98 Å². The molecule has 6 heteroatoms. The van der Waals surface area contributed by atoms with Crippen molar-refractivity contribution in [2.45, 2.75) is 0 Å². The van der Waals surface area contributed by atoms with E-state index in [4.69, 9.17) is 26.2 Å². The van der Waals surface area contributed by atoms with Crippen LogP contribution in [0.4, 0.5) is 0 Å². The Morgan fingerprint density at radius 1 is 1.20 bits per heavy atom. The number of pyridine rings is 1. The Morgan fingerprint density at radius 3 is 2.70 bits per heavy atom. The van der Waals surface area contributed by atoms with E-state index in [1.54, 1.807) is 12.1 Å². The first kappa shape index (κ1) is 14.1. The second-order valence-corrected chi connectivity index (χ2v) is 4.25. The number of nitrogens with zero attached hydrogens (tertiary/aromatic N) is 1. The molecule has 0 aliphatic heterocycles. The lowest BCUT2D eigenvalue weighted by Gasteiger charge is -2.09. The first-order chi connectivity index (χ1) is 9.66. The van der Waals surface area contributed by atoms with E-state index in [0.717, 1.165) is 0 Å². The number of carbonyl (C=O) groups is 1. The summed E-state index contributed by atoms with van der Waals surface area (Å²) in [5.41, 5.74) is 0.0783. The number of halogens is 1. The first-order valence-corrected chi connectivity index (χ1v) is 6.23. The Kier molecular flexibility index (Phi) is 4.79. The molecule has 5 nitrogen and oxygen atoms in total. The smallest absolute Gasteiger partial charge is 0.337 e. The molecule has 104 valence electrons. The predicted octanol–water partition coefficient (Wildman–Crippen LogP) is 2.89. The Morgan fingerprint density at radius 2 is 1.95 bits per heavy atom. The number of hydrogen-bond acceptors (Lipinski definition) is 4. The van der Waals surface area contributed by atoms with Gasteiger partial charge in [-0.05, 0) is 18.2 Å².